The van der Waals surface area contributed by atoms with E-state index in [2.05, 4.69) is 10.1 Å². The summed E-state index contributed by atoms with van der Waals surface area (Å²) in [4.78, 5) is 40.2. The fourth-order valence-electron chi connectivity index (χ4n) is 3.87. The lowest BCUT2D eigenvalue weighted by Gasteiger charge is -2.34. The number of nitrogens with one attached hydrogen (secondary N) is 1. The Bertz CT molecular complexity index is 849. The van der Waals surface area contributed by atoms with Gasteiger partial charge in [-0.1, -0.05) is 13.3 Å². The van der Waals surface area contributed by atoms with Crippen molar-refractivity contribution >= 4 is 29.1 Å². The van der Waals surface area contributed by atoms with Crippen LogP contribution >= 0.6 is 0 Å². The molecule has 1 saturated heterocycles. The second-order valence-electron chi connectivity index (χ2n) is 7.84. The van der Waals surface area contributed by atoms with Crippen molar-refractivity contribution in [1.82, 2.24) is 4.90 Å². The van der Waals surface area contributed by atoms with E-state index < -0.39 is 24.5 Å². The summed E-state index contributed by atoms with van der Waals surface area (Å²) in [5.74, 6) is -1.80. The number of halogens is 2. The zero-order valence-electron chi connectivity index (χ0n) is 17.9. The van der Waals surface area contributed by atoms with Crippen LogP contribution in [-0.4, -0.2) is 68.1 Å². The van der Waals surface area contributed by atoms with Gasteiger partial charge < -0.3 is 25.4 Å². The van der Waals surface area contributed by atoms with Crippen LogP contribution in [0.2, 0.25) is 0 Å². The van der Waals surface area contributed by atoms with Crippen molar-refractivity contribution in [2.75, 3.05) is 43.1 Å². The number of nitrogens with zero attached hydrogens (tertiary/aromatic N) is 2. The van der Waals surface area contributed by atoms with Gasteiger partial charge in [-0.15, -0.1) is 0 Å². The van der Waals surface area contributed by atoms with Crippen LogP contribution in [0.5, 0.6) is 5.75 Å². The van der Waals surface area contributed by atoms with Gasteiger partial charge in [-0.05, 0) is 37.4 Å². The number of alkyl halides is 2. The summed E-state index contributed by atoms with van der Waals surface area (Å²) in [5.41, 5.74) is 5.79. The van der Waals surface area contributed by atoms with Crippen LogP contribution in [0, 0.1) is 5.92 Å². The van der Waals surface area contributed by atoms with E-state index in [0.29, 0.717) is 31.3 Å². The second kappa shape index (κ2) is 10.7. The highest BCUT2D eigenvalue weighted by Gasteiger charge is 2.34. The summed E-state index contributed by atoms with van der Waals surface area (Å²) in [6, 6.07) is 2.85. The number of hydrogen-bond donors (Lipinski definition) is 2. The van der Waals surface area contributed by atoms with Gasteiger partial charge in [-0.25, -0.2) is 0 Å². The first-order chi connectivity index (χ1) is 15.3. The highest BCUT2D eigenvalue weighted by Crippen LogP contribution is 2.33. The summed E-state index contributed by atoms with van der Waals surface area (Å²) in [6.45, 7) is 0.0997. The van der Waals surface area contributed by atoms with Crippen molar-refractivity contribution in [3.05, 3.63) is 18.2 Å². The largest absolute Gasteiger partial charge is 0.433 e. The van der Waals surface area contributed by atoms with E-state index in [-0.39, 0.29) is 30.5 Å². The number of morpholine rings is 1. The molecule has 3 N–H and O–H groups in total. The van der Waals surface area contributed by atoms with Crippen molar-refractivity contribution in [2.45, 2.75) is 38.8 Å². The van der Waals surface area contributed by atoms with Crippen molar-refractivity contribution in [2.24, 2.45) is 11.7 Å². The molecule has 0 unspecified atom stereocenters. The molecule has 1 aromatic carbocycles. The van der Waals surface area contributed by atoms with Crippen LogP contribution in [0.15, 0.2) is 18.2 Å². The summed E-state index contributed by atoms with van der Waals surface area (Å²) >= 11 is 0. The Morgan fingerprint density at radius 2 is 2.12 bits per heavy atom. The standard InChI is InChI=1S/C21H28F2N4O5/c1-2-26(11-13-4-3-5-13)18(19(24)29)20(30)25-15-7-6-14(10-16(15)32-21(22)23)27-8-9-31-12-17(27)28/h6-7,10,13,18,21H,2-5,8-9,11-12H2,1H3,(H2,24,29)(H,25,30)/t18-/m1/s1. The van der Waals surface area contributed by atoms with E-state index in [4.69, 9.17) is 10.5 Å². The van der Waals surface area contributed by atoms with E-state index in [0.717, 1.165) is 19.3 Å². The summed E-state index contributed by atoms with van der Waals surface area (Å²) in [7, 11) is 0. The Morgan fingerprint density at radius 1 is 1.38 bits per heavy atom. The number of carbonyl (C=O) groups excluding carboxylic acids is 3. The Labute approximate surface area is 184 Å². The molecule has 32 heavy (non-hydrogen) atoms. The monoisotopic (exact) mass is 454 g/mol. The van der Waals surface area contributed by atoms with Gasteiger partial charge in [0.05, 0.1) is 12.3 Å². The van der Waals surface area contributed by atoms with Crippen LogP contribution in [0.3, 0.4) is 0 Å². The number of rotatable bonds is 10. The van der Waals surface area contributed by atoms with Gasteiger partial charge in [0.25, 0.3) is 11.8 Å². The maximum absolute atomic E-state index is 13.0. The van der Waals surface area contributed by atoms with E-state index >= 15 is 0 Å². The fourth-order valence-corrected chi connectivity index (χ4v) is 3.87. The predicted octanol–water partition coefficient (Wildman–Crippen LogP) is 1.57. The average molecular weight is 454 g/mol. The van der Waals surface area contributed by atoms with E-state index in [1.807, 2.05) is 6.92 Å². The zero-order chi connectivity index (χ0) is 23.3. The topological polar surface area (TPSA) is 114 Å². The molecule has 1 aromatic rings. The SMILES string of the molecule is CCN(CC1CCC1)[C@H](C(N)=O)C(=O)Nc1ccc(N2CCOCC2=O)cc1OC(F)F. The smallest absolute Gasteiger partial charge is 0.387 e. The Hall–Kier alpha value is -2.79. The van der Waals surface area contributed by atoms with Crippen molar-refractivity contribution < 1.29 is 32.6 Å². The molecule has 11 heteroatoms. The van der Waals surface area contributed by atoms with Gasteiger partial charge in [-0.3, -0.25) is 19.3 Å². The number of ether oxygens (including phenoxy) is 2. The molecule has 1 heterocycles. The van der Waals surface area contributed by atoms with Crippen LogP contribution in [0.25, 0.3) is 0 Å². The molecule has 2 fully saturated rings. The number of benzene rings is 1. The number of hydrogen-bond acceptors (Lipinski definition) is 6. The zero-order valence-corrected chi connectivity index (χ0v) is 17.9. The molecular weight excluding hydrogens is 426 g/mol. The van der Waals surface area contributed by atoms with Gasteiger partial charge in [-0.2, -0.15) is 8.78 Å². The van der Waals surface area contributed by atoms with E-state index in [1.165, 1.54) is 23.1 Å². The van der Waals surface area contributed by atoms with Crippen LogP contribution in [0.1, 0.15) is 26.2 Å². The highest BCUT2D eigenvalue weighted by molar-refractivity contribution is 6.10. The van der Waals surface area contributed by atoms with Gasteiger partial charge in [0.1, 0.15) is 6.61 Å². The lowest BCUT2D eigenvalue weighted by Crippen LogP contribution is -2.53. The third-order valence-electron chi connectivity index (χ3n) is 5.74. The fraction of sp³-hybridized carbons (Fsp3) is 0.571. The molecule has 0 spiro atoms. The number of carbonyl (C=O) groups is 3. The summed E-state index contributed by atoms with van der Waals surface area (Å²) in [5, 5.41) is 2.49. The van der Waals surface area contributed by atoms with E-state index in [1.54, 1.807) is 4.90 Å². The first kappa shape index (κ1) is 23.9. The Morgan fingerprint density at radius 3 is 2.69 bits per heavy atom. The van der Waals surface area contributed by atoms with E-state index in [9.17, 15) is 23.2 Å². The normalized spacial score (nSPS) is 17.9. The molecule has 9 nitrogen and oxygen atoms in total. The summed E-state index contributed by atoms with van der Waals surface area (Å²) in [6.07, 6.45) is 3.16. The third kappa shape index (κ3) is 5.71. The van der Waals surface area contributed by atoms with Crippen molar-refractivity contribution in [1.29, 1.82) is 0 Å². The molecule has 1 atom stereocenters. The minimum absolute atomic E-state index is 0.0503. The third-order valence-corrected chi connectivity index (χ3v) is 5.74. The Kier molecular flexibility index (Phi) is 7.97. The number of primary amides is 1. The number of likely N-dealkylation sites (N-methyl/N-ethyl adjacent to an activating group) is 1. The minimum atomic E-state index is -3.15. The van der Waals surface area contributed by atoms with Gasteiger partial charge >= 0.3 is 6.61 Å². The van der Waals surface area contributed by atoms with Crippen LogP contribution in [0.4, 0.5) is 20.2 Å². The number of amides is 3. The van der Waals surface area contributed by atoms with Gasteiger partial charge in [0, 0.05) is 24.8 Å². The maximum atomic E-state index is 13.0. The first-order valence-electron chi connectivity index (χ1n) is 10.6. The molecule has 1 aliphatic carbocycles. The molecule has 0 bridgehead atoms. The lowest BCUT2D eigenvalue weighted by molar-refractivity contribution is -0.133. The van der Waals surface area contributed by atoms with Crippen LogP contribution in [-0.2, 0) is 19.1 Å². The molecular formula is C21H28F2N4O5. The minimum Gasteiger partial charge on any atom is -0.433 e. The molecule has 3 amide bonds. The average Bonchev–Trinajstić information content (AvgIpc) is 2.70. The molecule has 1 saturated carbocycles. The van der Waals surface area contributed by atoms with Gasteiger partial charge in [0.2, 0.25) is 5.91 Å². The molecule has 0 aromatic heterocycles. The number of nitrogens with two attached hydrogens (primary N) is 1. The maximum Gasteiger partial charge on any atom is 0.387 e. The molecule has 2 aliphatic rings. The lowest BCUT2D eigenvalue weighted by atomic mass is 9.85. The molecule has 176 valence electrons. The molecule has 1 aliphatic heterocycles. The first-order valence-corrected chi connectivity index (χ1v) is 10.6. The predicted molar refractivity (Wildman–Crippen MR) is 112 cm³/mol. The number of anilines is 2. The van der Waals surface area contributed by atoms with Gasteiger partial charge in [0.15, 0.2) is 11.8 Å². The molecule has 0 radical (unpaired) electrons. The summed E-state index contributed by atoms with van der Waals surface area (Å²) < 4.78 is 35.7. The highest BCUT2D eigenvalue weighted by atomic mass is 19.3. The van der Waals surface area contributed by atoms with Crippen molar-refractivity contribution in [3.8, 4) is 5.75 Å². The Balaban J connectivity index is 1.81. The second-order valence-corrected chi connectivity index (χ2v) is 7.84. The quantitative estimate of drug-likeness (QED) is 0.519. The van der Waals surface area contributed by atoms with Crippen molar-refractivity contribution in [3.63, 3.8) is 0 Å². The van der Waals surface area contributed by atoms with Crippen LogP contribution < -0.4 is 20.7 Å². The molecule has 3 rings (SSSR count).